The molecule has 107 heavy (non-hydrogen) atoms. The van der Waals surface area contributed by atoms with Gasteiger partial charge in [-0.2, -0.15) is 0 Å². The SMILES string of the molecule is CC/C=C\C/C=C\C/C=C\C/C=C\C/C=C\C/C=C\CCCCCCCCCCCCCCCCC(=O)OCC(O)COP(=O)(O)OCC(O)COP(=O)(O)OCC(COC(=O)CCCCCC/C=C\C/C=C\C/C=C\C/C=C\C/C=C\C/C=C\CC)OC(=O)CCCCCCC/C=C\C/C=C\CCCCC. The van der Waals surface area contributed by atoms with Crippen molar-refractivity contribution in [2.45, 2.75) is 334 Å². The van der Waals surface area contributed by atoms with Gasteiger partial charge in [-0.25, -0.2) is 9.13 Å². The smallest absolute Gasteiger partial charge is 0.463 e. The molecule has 0 saturated heterocycles. The highest BCUT2D eigenvalue weighted by Crippen LogP contribution is 2.45. The third-order valence-corrected chi connectivity index (χ3v) is 18.8. The minimum absolute atomic E-state index is 0.0778. The summed E-state index contributed by atoms with van der Waals surface area (Å²) in [7, 11) is -9.81. The molecule has 0 saturated carbocycles. The van der Waals surface area contributed by atoms with Crippen LogP contribution in [-0.4, -0.2) is 95.9 Å². The van der Waals surface area contributed by atoms with Gasteiger partial charge in [-0.05, 0) is 154 Å². The van der Waals surface area contributed by atoms with E-state index in [2.05, 4.69) is 191 Å². The van der Waals surface area contributed by atoms with E-state index in [1.165, 1.54) is 83.5 Å². The van der Waals surface area contributed by atoms with E-state index >= 15 is 0 Å². The first-order valence-electron chi connectivity index (χ1n) is 41.4. The molecule has 0 bridgehead atoms. The van der Waals surface area contributed by atoms with Crippen molar-refractivity contribution in [3.8, 4) is 0 Å². The molecule has 5 atom stereocenters. The van der Waals surface area contributed by atoms with Crippen LogP contribution in [0.25, 0.3) is 0 Å². The maximum absolute atomic E-state index is 13.0. The highest BCUT2D eigenvalue weighted by molar-refractivity contribution is 7.47. The summed E-state index contributed by atoms with van der Waals surface area (Å²) in [5.41, 5.74) is 0. The molecule has 5 unspecified atom stereocenters. The van der Waals surface area contributed by atoms with E-state index in [1.54, 1.807) is 0 Å². The topological polar surface area (TPSA) is 231 Å². The molecule has 0 spiro atoms. The minimum atomic E-state index is -4.95. The molecule has 4 N–H and O–H groups in total. The Morgan fingerprint density at radius 3 is 0.785 bits per heavy atom. The lowest BCUT2D eigenvalue weighted by Gasteiger charge is -2.21. The van der Waals surface area contributed by atoms with Gasteiger partial charge >= 0.3 is 33.6 Å². The van der Waals surface area contributed by atoms with Gasteiger partial charge in [0.15, 0.2) is 6.10 Å². The second-order valence-corrected chi connectivity index (χ2v) is 30.1. The average Bonchev–Trinajstić information content (AvgIpc) is 0.908. The van der Waals surface area contributed by atoms with Crippen LogP contribution >= 0.6 is 15.6 Å². The number of hydrogen-bond acceptors (Lipinski definition) is 14. The summed E-state index contributed by atoms with van der Waals surface area (Å²) < 4.78 is 61.2. The molecule has 0 fully saturated rings. The molecule has 610 valence electrons. The summed E-state index contributed by atoms with van der Waals surface area (Å²) in [6.45, 7) is 2.38. The van der Waals surface area contributed by atoms with Gasteiger partial charge in [-0.1, -0.05) is 313 Å². The van der Waals surface area contributed by atoms with E-state index in [0.717, 1.165) is 173 Å². The summed E-state index contributed by atoms with van der Waals surface area (Å²) in [6.07, 6.45) is 103. The van der Waals surface area contributed by atoms with Crippen molar-refractivity contribution >= 4 is 33.6 Å². The van der Waals surface area contributed by atoms with Crippen LogP contribution in [0.5, 0.6) is 0 Å². The summed E-state index contributed by atoms with van der Waals surface area (Å²) in [5, 5.41) is 20.7. The summed E-state index contributed by atoms with van der Waals surface area (Å²) in [5.74, 6) is -1.62. The number of esters is 3. The first kappa shape index (κ1) is 102. The van der Waals surface area contributed by atoms with Gasteiger partial charge in [0.25, 0.3) is 0 Å². The zero-order chi connectivity index (χ0) is 78.0. The van der Waals surface area contributed by atoms with Crippen molar-refractivity contribution in [2.24, 2.45) is 0 Å². The zero-order valence-electron chi connectivity index (χ0n) is 66.7. The Kier molecular flexibility index (Phi) is 76.6. The van der Waals surface area contributed by atoms with Crippen LogP contribution in [0.4, 0.5) is 0 Å². The van der Waals surface area contributed by atoms with Crippen molar-refractivity contribution in [3.63, 3.8) is 0 Å². The number of phosphoric acid groups is 2. The van der Waals surface area contributed by atoms with Crippen LogP contribution in [0.1, 0.15) is 316 Å². The van der Waals surface area contributed by atoms with Crippen LogP contribution in [0.15, 0.2) is 170 Å². The molecular weight excluding hydrogens is 1390 g/mol. The Morgan fingerprint density at radius 1 is 0.271 bits per heavy atom. The van der Waals surface area contributed by atoms with Gasteiger partial charge in [0.05, 0.1) is 26.4 Å². The normalized spacial score (nSPS) is 14.8. The van der Waals surface area contributed by atoms with E-state index in [-0.39, 0.29) is 19.3 Å². The molecule has 0 amide bonds. The number of carbonyl (C=O) groups is 3. The number of unbranched alkanes of at least 4 members (excludes halogenated alkanes) is 26. The quantitative estimate of drug-likeness (QED) is 0.0146. The van der Waals surface area contributed by atoms with Gasteiger partial charge in [-0.3, -0.25) is 32.5 Å². The van der Waals surface area contributed by atoms with Gasteiger partial charge in [0, 0.05) is 19.3 Å². The lowest BCUT2D eigenvalue weighted by atomic mass is 10.0. The maximum Gasteiger partial charge on any atom is 0.472 e. The number of carbonyl (C=O) groups excluding carboxylic acids is 3. The van der Waals surface area contributed by atoms with Crippen LogP contribution in [0.3, 0.4) is 0 Å². The molecular formula is C89H148O16P2. The van der Waals surface area contributed by atoms with Crippen LogP contribution in [0.2, 0.25) is 0 Å². The number of ether oxygens (including phenoxy) is 3. The minimum Gasteiger partial charge on any atom is -0.463 e. The fraction of sp³-hybridized carbons (Fsp3) is 0.652. The monoisotopic (exact) mass is 1540 g/mol. The predicted octanol–water partition coefficient (Wildman–Crippen LogP) is 24.8. The summed E-state index contributed by atoms with van der Waals surface area (Å²) in [4.78, 5) is 58.7. The first-order valence-corrected chi connectivity index (χ1v) is 44.4. The first-order chi connectivity index (χ1) is 52.2. The highest BCUT2D eigenvalue weighted by Gasteiger charge is 2.29. The number of hydrogen-bond donors (Lipinski definition) is 4. The maximum atomic E-state index is 13.0. The molecule has 0 radical (unpaired) electrons. The third kappa shape index (κ3) is 81.7. The molecule has 0 aliphatic heterocycles. The lowest BCUT2D eigenvalue weighted by molar-refractivity contribution is -0.161. The molecule has 0 aliphatic carbocycles. The van der Waals surface area contributed by atoms with Crippen molar-refractivity contribution in [3.05, 3.63) is 170 Å². The second-order valence-electron chi connectivity index (χ2n) is 27.2. The van der Waals surface area contributed by atoms with E-state index in [9.17, 15) is 43.5 Å². The lowest BCUT2D eigenvalue weighted by Crippen LogP contribution is -2.30. The molecule has 0 aromatic heterocycles. The zero-order valence-corrected chi connectivity index (χ0v) is 68.5. The number of aliphatic hydroxyl groups excluding tert-OH is 2. The van der Waals surface area contributed by atoms with E-state index in [1.807, 2.05) is 0 Å². The molecule has 0 aromatic carbocycles. The Hall–Kier alpha value is -5.09. The van der Waals surface area contributed by atoms with Gasteiger partial charge in [0.1, 0.15) is 25.4 Å². The van der Waals surface area contributed by atoms with Crippen LogP contribution in [0, 0.1) is 0 Å². The predicted molar refractivity (Wildman–Crippen MR) is 445 cm³/mol. The Bertz CT molecular complexity index is 2620. The van der Waals surface area contributed by atoms with Gasteiger partial charge in [-0.15, -0.1) is 0 Å². The fourth-order valence-electron chi connectivity index (χ4n) is 10.7. The average molecular weight is 1540 g/mol. The summed E-state index contributed by atoms with van der Waals surface area (Å²) >= 11 is 0. The van der Waals surface area contributed by atoms with Crippen molar-refractivity contribution < 1.29 is 75.8 Å². The molecule has 0 aromatic rings. The Labute approximate surface area is 650 Å². The number of aliphatic hydroxyl groups is 2. The second kappa shape index (κ2) is 80.4. The largest absolute Gasteiger partial charge is 0.472 e. The van der Waals surface area contributed by atoms with Gasteiger partial charge < -0.3 is 34.2 Å². The number of phosphoric ester groups is 2. The van der Waals surface area contributed by atoms with E-state index in [0.29, 0.717) is 19.3 Å². The molecule has 18 heteroatoms. The number of allylic oxidation sites excluding steroid dienone is 28. The van der Waals surface area contributed by atoms with Crippen LogP contribution < -0.4 is 0 Å². The summed E-state index contributed by atoms with van der Waals surface area (Å²) in [6, 6.07) is 0. The standard InChI is InChI=1S/C89H148O16P2/c1-4-7-10-13-16-19-22-25-28-30-32-34-36-37-38-39-40-41-42-43-44-45-47-49-50-52-55-57-60-63-66-69-72-75-87(92)99-78-84(90)79-101-106(95,96)102-80-85(91)81-103-107(97,98)104-83-86(105-89(94)77-74-71-68-65-62-59-54-27-24-21-18-15-12-9-6-3)82-100-88(93)76-73-70-67-64-61-58-56-53-51-48-46-35-33-31-29-26-23-20-17-14-11-8-5-2/h7-8,10-11,16-21,25-29,32-35,37-38,40-41,48,51,54,56,58,84-86,90-91H,4-6,9,12-15,22-24,30-31,36,39,42-47,49-50,52-53,55,57,59-83H2,1-3H3,(H,95,96)(H,97,98)/b10-7-,11-8-,19-16-,20-17-,21-18-,28-25-,29-26-,34-32-,35-33-,38-37-,41-40-,51-48-,54-27-,58-56-. The fourth-order valence-corrected chi connectivity index (χ4v) is 12.3. The molecule has 0 aliphatic rings. The molecule has 0 heterocycles. The molecule has 0 rings (SSSR count). The third-order valence-electron chi connectivity index (χ3n) is 16.9. The van der Waals surface area contributed by atoms with Gasteiger partial charge in [0.2, 0.25) is 0 Å². The Balaban J connectivity index is 4.52. The van der Waals surface area contributed by atoms with Crippen molar-refractivity contribution in [2.75, 3.05) is 39.6 Å². The highest BCUT2D eigenvalue weighted by atomic mass is 31.2. The van der Waals surface area contributed by atoms with Crippen molar-refractivity contribution in [1.82, 2.24) is 0 Å². The number of rotatable bonds is 77. The molecule has 16 nitrogen and oxygen atoms in total. The van der Waals surface area contributed by atoms with Crippen LogP contribution in [-0.2, 0) is 55.8 Å². The van der Waals surface area contributed by atoms with E-state index in [4.69, 9.17) is 32.3 Å². The van der Waals surface area contributed by atoms with Crippen molar-refractivity contribution in [1.29, 1.82) is 0 Å². The van der Waals surface area contributed by atoms with E-state index < -0.39 is 91.5 Å². The Morgan fingerprint density at radius 2 is 0.495 bits per heavy atom.